The summed E-state index contributed by atoms with van der Waals surface area (Å²) < 4.78 is 0. The first-order valence-corrected chi connectivity index (χ1v) is 9.32. The summed E-state index contributed by atoms with van der Waals surface area (Å²) in [6.45, 7) is 2.14. The van der Waals surface area contributed by atoms with E-state index in [1.54, 1.807) is 0 Å². The summed E-state index contributed by atoms with van der Waals surface area (Å²) in [5, 5.41) is 3.54. The topological polar surface area (TPSA) is 32.3 Å². The Balaban J connectivity index is 0.00000125. The molecule has 0 radical (unpaired) electrons. The van der Waals surface area contributed by atoms with Gasteiger partial charge in [0.15, 0.2) is 0 Å². The summed E-state index contributed by atoms with van der Waals surface area (Å²) in [6, 6.07) is 1.05. The Morgan fingerprint density at radius 2 is 1.50 bits per heavy atom. The monoisotopic (exact) mass is 324 g/mol. The van der Waals surface area contributed by atoms with Gasteiger partial charge in [-0.15, -0.1) is 12.4 Å². The Hall–Kier alpha value is -0.280. The maximum absolute atomic E-state index is 13.4. The number of rotatable bonds is 1. The van der Waals surface area contributed by atoms with Crippen molar-refractivity contribution in [2.24, 2.45) is 29.6 Å². The molecule has 6 aliphatic rings. The Kier molecular flexibility index (Phi) is 3.93. The molecule has 6 bridgehead atoms. The summed E-state index contributed by atoms with van der Waals surface area (Å²) >= 11 is 0. The molecule has 4 saturated carbocycles. The number of carbonyl (C=O) groups excluding carboxylic acids is 1. The van der Waals surface area contributed by atoms with Gasteiger partial charge < -0.3 is 10.2 Å². The van der Waals surface area contributed by atoms with Crippen molar-refractivity contribution in [2.45, 2.75) is 63.5 Å². The van der Waals surface area contributed by atoms with Gasteiger partial charge in [-0.1, -0.05) is 0 Å². The smallest absolute Gasteiger partial charge is 0.226 e. The van der Waals surface area contributed by atoms with E-state index in [0.29, 0.717) is 23.9 Å². The second-order valence-corrected chi connectivity index (χ2v) is 8.58. The molecule has 0 spiro atoms. The first kappa shape index (κ1) is 15.3. The van der Waals surface area contributed by atoms with E-state index in [9.17, 15) is 4.79 Å². The van der Waals surface area contributed by atoms with Crippen LogP contribution in [0, 0.1) is 29.6 Å². The molecule has 22 heavy (non-hydrogen) atoms. The average Bonchev–Trinajstić information content (AvgIpc) is 2.70. The summed E-state index contributed by atoms with van der Waals surface area (Å²) in [4.78, 5) is 15.8. The van der Waals surface area contributed by atoms with Gasteiger partial charge in [0.1, 0.15) is 0 Å². The molecule has 0 aromatic rings. The minimum absolute atomic E-state index is 0. The van der Waals surface area contributed by atoms with Crippen molar-refractivity contribution in [2.75, 3.05) is 13.1 Å². The van der Waals surface area contributed by atoms with E-state index < -0.39 is 0 Å². The number of hydrogen-bond acceptors (Lipinski definition) is 2. The highest BCUT2D eigenvalue weighted by Crippen LogP contribution is 2.57. The van der Waals surface area contributed by atoms with Crippen LogP contribution in [0.3, 0.4) is 0 Å². The van der Waals surface area contributed by atoms with E-state index >= 15 is 0 Å². The summed E-state index contributed by atoms with van der Waals surface area (Å²) in [5.74, 6) is 4.39. The minimum Gasteiger partial charge on any atom is -0.335 e. The molecule has 1 amide bonds. The molecule has 2 unspecified atom stereocenters. The lowest BCUT2D eigenvalue weighted by molar-refractivity contribution is -0.151. The zero-order valence-corrected chi connectivity index (χ0v) is 14.2. The normalized spacial score (nSPS) is 48.9. The molecule has 1 N–H and O–H groups in total. The van der Waals surface area contributed by atoms with Gasteiger partial charge in [-0.05, 0) is 81.6 Å². The molecule has 2 atom stereocenters. The molecule has 2 heterocycles. The van der Waals surface area contributed by atoms with Gasteiger partial charge in [-0.3, -0.25) is 4.79 Å². The highest BCUT2D eigenvalue weighted by atomic mass is 35.5. The van der Waals surface area contributed by atoms with Crippen molar-refractivity contribution >= 4 is 18.3 Å². The van der Waals surface area contributed by atoms with Gasteiger partial charge in [-0.2, -0.15) is 0 Å². The maximum atomic E-state index is 13.4. The van der Waals surface area contributed by atoms with Crippen LogP contribution in [0.2, 0.25) is 0 Å². The fourth-order valence-electron chi connectivity index (χ4n) is 6.84. The molecular weight excluding hydrogens is 296 g/mol. The van der Waals surface area contributed by atoms with Gasteiger partial charge in [0, 0.05) is 24.5 Å². The van der Waals surface area contributed by atoms with Gasteiger partial charge in [-0.25, -0.2) is 0 Å². The first-order chi connectivity index (χ1) is 10.3. The summed E-state index contributed by atoms with van der Waals surface area (Å²) in [7, 11) is 0. The second kappa shape index (κ2) is 5.66. The zero-order valence-electron chi connectivity index (χ0n) is 13.4. The van der Waals surface area contributed by atoms with E-state index in [-0.39, 0.29) is 12.4 Å². The van der Waals surface area contributed by atoms with Gasteiger partial charge in [0.2, 0.25) is 5.91 Å². The third-order valence-corrected chi connectivity index (χ3v) is 7.42. The molecule has 0 aromatic heterocycles. The third-order valence-electron chi connectivity index (χ3n) is 7.42. The SMILES string of the molecule is Cl.O=C(C1C2CC3CC(C2)CC1C3)N1C2CCNCC1CC2. The number of nitrogens with one attached hydrogen (secondary N) is 1. The molecular formula is C18H29ClN2O. The maximum Gasteiger partial charge on any atom is 0.226 e. The quantitative estimate of drug-likeness (QED) is 0.804. The van der Waals surface area contributed by atoms with Crippen LogP contribution in [0.1, 0.15) is 51.4 Å². The molecule has 6 fully saturated rings. The predicted octanol–water partition coefficient (Wildman–Crippen LogP) is 2.83. The predicted molar refractivity (Wildman–Crippen MR) is 88.9 cm³/mol. The number of nitrogens with zero attached hydrogens (tertiary/aromatic N) is 1. The fraction of sp³-hybridized carbons (Fsp3) is 0.944. The molecule has 2 saturated heterocycles. The van der Waals surface area contributed by atoms with Crippen molar-refractivity contribution in [1.82, 2.24) is 10.2 Å². The number of fused-ring (bicyclic) bond motifs is 2. The molecule has 124 valence electrons. The van der Waals surface area contributed by atoms with Crippen molar-refractivity contribution in [1.29, 1.82) is 0 Å². The largest absolute Gasteiger partial charge is 0.335 e. The van der Waals surface area contributed by atoms with Crippen LogP contribution < -0.4 is 5.32 Å². The number of hydrogen-bond donors (Lipinski definition) is 1. The van der Waals surface area contributed by atoms with E-state index in [0.717, 1.165) is 36.8 Å². The average molecular weight is 325 g/mol. The van der Waals surface area contributed by atoms with Crippen molar-refractivity contribution in [3.05, 3.63) is 0 Å². The van der Waals surface area contributed by atoms with Crippen LogP contribution in [0.25, 0.3) is 0 Å². The molecule has 4 aliphatic carbocycles. The van der Waals surface area contributed by atoms with E-state index in [2.05, 4.69) is 10.2 Å². The van der Waals surface area contributed by atoms with E-state index in [1.807, 2.05) is 0 Å². The Morgan fingerprint density at radius 1 is 0.864 bits per heavy atom. The highest BCUT2D eigenvalue weighted by Gasteiger charge is 2.53. The molecule has 4 heteroatoms. The Morgan fingerprint density at radius 3 is 2.18 bits per heavy atom. The fourth-order valence-corrected chi connectivity index (χ4v) is 6.84. The number of halogens is 1. The lowest BCUT2D eigenvalue weighted by Crippen LogP contribution is -2.54. The van der Waals surface area contributed by atoms with Crippen LogP contribution in [-0.4, -0.2) is 36.0 Å². The van der Waals surface area contributed by atoms with Crippen molar-refractivity contribution < 1.29 is 4.79 Å². The van der Waals surface area contributed by atoms with Crippen LogP contribution in [0.4, 0.5) is 0 Å². The standard InChI is InChI=1S/C18H28N2O.ClH/c21-18(20-15-1-2-16(20)10-19-4-3-15)17-13-6-11-5-12(8-13)9-14(17)7-11;/h11-17,19H,1-10H2;1H. The summed E-state index contributed by atoms with van der Waals surface area (Å²) in [5.41, 5.74) is 0. The van der Waals surface area contributed by atoms with Gasteiger partial charge >= 0.3 is 0 Å². The van der Waals surface area contributed by atoms with Crippen LogP contribution in [0.5, 0.6) is 0 Å². The van der Waals surface area contributed by atoms with Crippen LogP contribution >= 0.6 is 12.4 Å². The van der Waals surface area contributed by atoms with Gasteiger partial charge in [0.25, 0.3) is 0 Å². The van der Waals surface area contributed by atoms with Crippen LogP contribution in [-0.2, 0) is 4.79 Å². The van der Waals surface area contributed by atoms with Crippen molar-refractivity contribution in [3.63, 3.8) is 0 Å². The highest BCUT2D eigenvalue weighted by molar-refractivity contribution is 5.85. The van der Waals surface area contributed by atoms with Gasteiger partial charge in [0.05, 0.1) is 0 Å². The molecule has 0 aromatic carbocycles. The zero-order chi connectivity index (χ0) is 14.0. The Bertz CT molecular complexity index is 412. The molecule has 2 aliphatic heterocycles. The van der Waals surface area contributed by atoms with E-state index in [4.69, 9.17) is 0 Å². The molecule has 6 rings (SSSR count). The third kappa shape index (κ3) is 2.23. The number of amides is 1. The van der Waals surface area contributed by atoms with Crippen molar-refractivity contribution in [3.8, 4) is 0 Å². The van der Waals surface area contributed by atoms with E-state index in [1.165, 1.54) is 51.4 Å². The summed E-state index contributed by atoms with van der Waals surface area (Å²) in [6.07, 6.45) is 10.6. The number of carbonyl (C=O) groups is 1. The lowest BCUT2D eigenvalue weighted by atomic mass is 9.51. The minimum atomic E-state index is 0. The second-order valence-electron chi connectivity index (χ2n) is 8.58. The Labute approximate surface area is 140 Å². The molecule has 3 nitrogen and oxygen atoms in total. The lowest BCUT2D eigenvalue weighted by Gasteiger charge is -2.54. The first-order valence-electron chi connectivity index (χ1n) is 9.32. The van der Waals surface area contributed by atoms with Crippen LogP contribution in [0.15, 0.2) is 0 Å².